The first-order chi connectivity index (χ1) is 8.74. The maximum absolute atomic E-state index is 6.14. The van der Waals surface area contributed by atoms with Crippen LogP contribution in [-0.2, 0) is 6.42 Å². The van der Waals surface area contributed by atoms with Gasteiger partial charge in [-0.25, -0.2) is 0 Å². The average Bonchev–Trinajstić information content (AvgIpc) is 2.40. The normalized spacial score (nSPS) is 12.3. The van der Waals surface area contributed by atoms with Crippen molar-refractivity contribution in [3.8, 4) is 0 Å². The molecule has 0 heterocycles. The van der Waals surface area contributed by atoms with E-state index in [1.807, 2.05) is 42.5 Å². The molecule has 0 spiro atoms. The van der Waals surface area contributed by atoms with Crippen molar-refractivity contribution in [1.29, 1.82) is 0 Å². The molecule has 0 fully saturated rings. The molecule has 2 aromatic carbocycles. The Morgan fingerprint density at radius 3 is 2.33 bits per heavy atom. The molecule has 94 valence electrons. The van der Waals surface area contributed by atoms with Crippen LogP contribution >= 0.6 is 23.4 Å². The first-order valence-electron chi connectivity index (χ1n) is 5.92. The van der Waals surface area contributed by atoms with Crippen LogP contribution in [0.4, 0.5) is 0 Å². The molecule has 0 aliphatic carbocycles. The molecule has 0 bridgehead atoms. The lowest BCUT2D eigenvalue weighted by Gasteiger charge is -2.11. The Bertz CT molecular complexity index is 470. The summed E-state index contributed by atoms with van der Waals surface area (Å²) >= 11 is 7.65. The molecule has 0 saturated heterocycles. The van der Waals surface area contributed by atoms with Crippen LogP contribution in [0.1, 0.15) is 5.56 Å². The number of rotatable bonds is 5. The second kappa shape index (κ2) is 6.83. The third-order valence-corrected chi connectivity index (χ3v) is 4.07. The molecule has 1 unspecified atom stereocenters. The van der Waals surface area contributed by atoms with Crippen molar-refractivity contribution in [2.75, 3.05) is 5.75 Å². The van der Waals surface area contributed by atoms with E-state index in [1.54, 1.807) is 11.8 Å². The molecule has 3 heteroatoms. The van der Waals surface area contributed by atoms with Crippen molar-refractivity contribution in [2.24, 2.45) is 5.73 Å². The van der Waals surface area contributed by atoms with Gasteiger partial charge in [-0.1, -0.05) is 41.9 Å². The number of benzene rings is 2. The van der Waals surface area contributed by atoms with Crippen LogP contribution in [0.5, 0.6) is 0 Å². The van der Waals surface area contributed by atoms with E-state index in [4.69, 9.17) is 17.3 Å². The summed E-state index contributed by atoms with van der Waals surface area (Å²) in [5.74, 6) is 0.923. The third kappa shape index (κ3) is 4.37. The summed E-state index contributed by atoms with van der Waals surface area (Å²) in [4.78, 5) is 1.27. The molecule has 2 aromatic rings. The van der Waals surface area contributed by atoms with Gasteiger partial charge in [0.2, 0.25) is 0 Å². The predicted octanol–water partition coefficient (Wildman–Crippen LogP) is 4.00. The Morgan fingerprint density at radius 2 is 1.67 bits per heavy atom. The van der Waals surface area contributed by atoms with E-state index in [0.717, 1.165) is 17.2 Å². The van der Waals surface area contributed by atoms with Crippen molar-refractivity contribution >= 4 is 23.4 Å². The van der Waals surface area contributed by atoms with Crippen molar-refractivity contribution < 1.29 is 0 Å². The number of nitrogens with two attached hydrogens (primary N) is 1. The largest absolute Gasteiger partial charge is 0.327 e. The van der Waals surface area contributed by atoms with Gasteiger partial charge < -0.3 is 5.73 Å². The summed E-state index contributed by atoms with van der Waals surface area (Å²) in [7, 11) is 0. The quantitative estimate of drug-likeness (QED) is 0.836. The fourth-order valence-electron chi connectivity index (χ4n) is 1.70. The Kier molecular flexibility index (Phi) is 5.12. The molecular weight excluding hydrogens is 262 g/mol. The summed E-state index contributed by atoms with van der Waals surface area (Å²) in [6, 6.07) is 18.4. The molecule has 2 rings (SSSR count). The van der Waals surface area contributed by atoms with Crippen LogP contribution < -0.4 is 5.73 Å². The van der Waals surface area contributed by atoms with Crippen molar-refractivity contribution in [2.45, 2.75) is 17.4 Å². The summed E-state index contributed by atoms with van der Waals surface area (Å²) in [6.45, 7) is 0. The second-order valence-corrected chi connectivity index (χ2v) is 5.74. The van der Waals surface area contributed by atoms with Crippen LogP contribution in [0, 0.1) is 0 Å². The van der Waals surface area contributed by atoms with Crippen molar-refractivity contribution in [1.82, 2.24) is 0 Å². The highest BCUT2D eigenvalue weighted by Gasteiger charge is 2.05. The zero-order valence-electron chi connectivity index (χ0n) is 10.1. The molecule has 18 heavy (non-hydrogen) atoms. The fraction of sp³-hybridized carbons (Fsp3) is 0.200. The summed E-state index contributed by atoms with van der Waals surface area (Å²) in [6.07, 6.45) is 0.886. The zero-order chi connectivity index (χ0) is 12.8. The van der Waals surface area contributed by atoms with Crippen LogP contribution in [0.15, 0.2) is 59.5 Å². The van der Waals surface area contributed by atoms with E-state index in [0.29, 0.717) is 0 Å². The Labute approximate surface area is 117 Å². The summed E-state index contributed by atoms with van der Waals surface area (Å²) in [5.41, 5.74) is 7.37. The fourth-order valence-corrected chi connectivity index (χ4v) is 2.70. The molecule has 1 atom stereocenters. The molecule has 0 saturated carbocycles. The Balaban J connectivity index is 1.82. The lowest BCUT2D eigenvalue weighted by molar-refractivity contribution is 0.749. The second-order valence-electron chi connectivity index (χ2n) is 4.21. The molecule has 0 amide bonds. The van der Waals surface area contributed by atoms with E-state index in [2.05, 4.69) is 12.1 Å². The molecule has 0 aliphatic rings. The van der Waals surface area contributed by atoms with Gasteiger partial charge in [0.25, 0.3) is 0 Å². The van der Waals surface area contributed by atoms with E-state index >= 15 is 0 Å². The number of hydrogen-bond donors (Lipinski definition) is 1. The van der Waals surface area contributed by atoms with Crippen LogP contribution in [0.25, 0.3) is 0 Å². The topological polar surface area (TPSA) is 26.0 Å². The number of hydrogen-bond acceptors (Lipinski definition) is 2. The minimum Gasteiger partial charge on any atom is -0.327 e. The summed E-state index contributed by atoms with van der Waals surface area (Å²) < 4.78 is 0. The first kappa shape index (κ1) is 13.5. The highest BCUT2D eigenvalue weighted by molar-refractivity contribution is 7.99. The van der Waals surface area contributed by atoms with Gasteiger partial charge in [-0.3, -0.25) is 0 Å². The lowest BCUT2D eigenvalue weighted by Crippen LogP contribution is -2.25. The van der Waals surface area contributed by atoms with Gasteiger partial charge in [-0.05, 0) is 36.2 Å². The number of thioether (sulfide) groups is 1. The van der Waals surface area contributed by atoms with E-state index in [1.165, 1.54) is 10.5 Å². The zero-order valence-corrected chi connectivity index (χ0v) is 11.6. The summed E-state index contributed by atoms with van der Waals surface area (Å²) in [5, 5.41) is 0.769. The standard InChI is InChI=1S/C15H16ClNS/c16-13-8-6-12(7-9-13)10-14(17)11-18-15-4-2-1-3-5-15/h1-9,14H,10-11,17H2. The highest BCUT2D eigenvalue weighted by atomic mass is 35.5. The van der Waals surface area contributed by atoms with Gasteiger partial charge in [0.1, 0.15) is 0 Å². The SMILES string of the molecule is NC(CSc1ccccc1)Cc1ccc(Cl)cc1. The minimum atomic E-state index is 0.163. The van der Waals surface area contributed by atoms with Crippen molar-refractivity contribution in [3.63, 3.8) is 0 Å². The molecule has 0 aliphatic heterocycles. The molecular formula is C15H16ClNS. The van der Waals surface area contributed by atoms with Crippen LogP contribution in [-0.4, -0.2) is 11.8 Å². The maximum atomic E-state index is 6.14. The number of halogens is 1. The molecule has 0 aromatic heterocycles. The first-order valence-corrected chi connectivity index (χ1v) is 7.28. The maximum Gasteiger partial charge on any atom is 0.0406 e. The van der Waals surface area contributed by atoms with Gasteiger partial charge in [-0.15, -0.1) is 11.8 Å². The van der Waals surface area contributed by atoms with Crippen LogP contribution in [0.3, 0.4) is 0 Å². The van der Waals surface area contributed by atoms with E-state index in [9.17, 15) is 0 Å². The van der Waals surface area contributed by atoms with Gasteiger partial charge in [-0.2, -0.15) is 0 Å². The molecule has 2 N–H and O–H groups in total. The molecule has 0 radical (unpaired) electrons. The monoisotopic (exact) mass is 277 g/mol. The third-order valence-electron chi connectivity index (χ3n) is 2.62. The van der Waals surface area contributed by atoms with Crippen molar-refractivity contribution in [3.05, 3.63) is 65.2 Å². The van der Waals surface area contributed by atoms with Gasteiger partial charge >= 0.3 is 0 Å². The van der Waals surface area contributed by atoms with Crippen LogP contribution in [0.2, 0.25) is 5.02 Å². The van der Waals surface area contributed by atoms with E-state index in [-0.39, 0.29) is 6.04 Å². The Hall–Kier alpha value is -0.960. The van der Waals surface area contributed by atoms with E-state index < -0.39 is 0 Å². The average molecular weight is 278 g/mol. The van der Waals surface area contributed by atoms with Gasteiger partial charge in [0.05, 0.1) is 0 Å². The minimum absolute atomic E-state index is 0.163. The lowest BCUT2D eigenvalue weighted by atomic mass is 10.1. The smallest absolute Gasteiger partial charge is 0.0406 e. The van der Waals surface area contributed by atoms with Gasteiger partial charge in [0.15, 0.2) is 0 Å². The Morgan fingerprint density at radius 1 is 1.00 bits per heavy atom. The highest BCUT2D eigenvalue weighted by Crippen LogP contribution is 2.19. The van der Waals surface area contributed by atoms with Gasteiger partial charge in [0, 0.05) is 21.7 Å². The predicted molar refractivity (Wildman–Crippen MR) is 80.3 cm³/mol. The molecule has 1 nitrogen and oxygen atoms in total.